The van der Waals surface area contributed by atoms with Crippen molar-refractivity contribution in [2.75, 3.05) is 38.8 Å². The molecule has 0 bridgehead atoms. The third-order valence-electron chi connectivity index (χ3n) is 6.27. The highest BCUT2D eigenvalue weighted by molar-refractivity contribution is 7.19. The Morgan fingerprint density at radius 1 is 1.42 bits per heavy atom. The van der Waals surface area contributed by atoms with E-state index in [-0.39, 0.29) is 44.8 Å². The summed E-state index contributed by atoms with van der Waals surface area (Å²) in [6.45, 7) is 1.06. The maximum Gasteiger partial charge on any atom is 0.202 e. The van der Waals surface area contributed by atoms with Crippen LogP contribution in [0.1, 0.15) is 23.8 Å². The Kier molecular flexibility index (Phi) is 5.14. The van der Waals surface area contributed by atoms with Crippen molar-refractivity contribution in [2.45, 2.75) is 18.9 Å². The molecule has 3 aromatic rings. The summed E-state index contributed by atoms with van der Waals surface area (Å²) in [6, 6.07) is 3.20. The van der Waals surface area contributed by atoms with Crippen LogP contribution in [0.3, 0.4) is 0 Å². The van der Waals surface area contributed by atoms with Crippen LogP contribution in [0.15, 0.2) is 16.0 Å². The largest absolute Gasteiger partial charge is 0.505 e. The summed E-state index contributed by atoms with van der Waals surface area (Å²) in [5.74, 6) is -0.849. The van der Waals surface area contributed by atoms with Crippen LogP contribution < -0.4 is 20.8 Å². The second kappa shape index (κ2) is 7.90. The monoisotopic (exact) mass is 471 g/mol. The predicted octanol–water partition coefficient (Wildman–Crippen LogP) is 2.67. The summed E-state index contributed by atoms with van der Waals surface area (Å²) in [5, 5.41) is 24.1. The summed E-state index contributed by atoms with van der Waals surface area (Å²) < 4.78 is 23.2. The van der Waals surface area contributed by atoms with Crippen molar-refractivity contribution in [3.05, 3.63) is 27.0 Å². The Bertz CT molecular complexity index is 1420. The van der Waals surface area contributed by atoms with E-state index in [9.17, 15) is 15.2 Å². The van der Waals surface area contributed by atoms with Crippen LogP contribution >= 0.6 is 11.3 Å². The molecule has 3 heterocycles. The first-order valence-corrected chi connectivity index (χ1v) is 11.3. The summed E-state index contributed by atoms with van der Waals surface area (Å²) >= 11 is 1.06. The van der Waals surface area contributed by atoms with E-state index >= 15 is 4.39 Å². The Labute approximate surface area is 192 Å². The molecule has 11 heteroatoms. The van der Waals surface area contributed by atoms with Crippen LogP contribution in [0, 0.1) is 23.1 Å². The first kappa shape index (κ1) is 21.5. The molecule has 2 aromatic heterocycles. The Morgan fingerprint density at radius 3 is 2.79 bits per heavy atom. The molecule has 2 fully saturated rings. The molecule has 0 radical (unpaired) electrons. The minimum absolute atomic E-state index is 0.0454. The third kappa shape index (κ3) is 3.13. The number of nitrogens with two attached hydrogens (primary N) is 1. The van der Waals surface area contributed by atoms with Crippen molar-refractivity contribution in [1.82, 2.24) is 4.57 Å². The summed E-state index contributed by atoms with van der Waals surface area (Å²) in [6.07, 6.45) is 1.74. The van der Waals surface area contributed by atoms with Crippen LogP contribution in [-0.2, 0) is 4.84 Å². The van der Waals surface area contributed by atoms with Crippen LogP contribution in [0.4, 0.5) is 10.1 Å². The molecule has 1 aromatic carbocycles. The Balaban J connectivity index is 1.84. The molecule has 33 heavy (non-hydrogen) atoms. The normalized spacial score (nSPS) is 19.5. The molecule has 9 nitrogen and oxygen atoms in total. The summed E-state index contributed by atoms with van der Waals surface area (Å²) in [5.41, 5.74) is 6.75. The molecule has 1 saturated heterocycles. The van der Waals surface area contributed by atoms with Gasteiger partial charge in [0.25, 0.3) is 0 Å². The number of anilines is 1. The smallest absolute Gasteiger partial charge is 0.202 e. The van der Waals surface area contributed by atoms with Crippen LogP contribution in [-0.4, -0.2) is 49.2 Å². The number of pyridine rings is 1. The number of benzene rings is 1. The fourth-order valence-corrected chi connectivity index (χ4v) is 5.71. The number of oxime groups is 1. The highest BCUT2D eigenvalue weighted by Crippen LogP contribution is 2.48. The second-order valence-corrected chi connectivity index (χ2v) is 9.22. The van der Waals surface area contributed by atoms with Gasteiger partial charge in [0.2, 0.25) is 5.43 Å². The van der Waals surface area contributed by atoms with E-state index in [4.69, 9.17) is 15.3 Å². The molecule has 172 valence electrons. The van der Waals surface area contributed by atoms with Gasteiger partial charge >= 0.3 is 0 Å². The first-order valence-electron chi connectivity index (χ1n) is 10.5. The zero-order valence-electron chi connectivity index (χ0n) is 18.1. The summed E-state index contributed by atoms with van der Waals surface area (Å²) in [7, 11) is 2.89. The van der Waals surface area contributed by atoms with Gasteiger partial charge in [0.15, 0.2) is 17.3 Å². The molecule has 3 N–H and O–H groups in total. The highest BCUT2D eigenvalue weighted by atomic mass is 32.1. The zero-order chi connectivity index (χ0) is 23.4. The van der Waals surface area contributed by atoms with Gasteiger partial charge in [-0.05, 0) is 18.9 Å². The lowest BCUT2D eigenvalue weighted by atomic mass is 10.1. The number of thiophene rings is 1. The van der Waals surface area contributed by atoms with E-state index in [1.807, 2.05) is 10.6 Å². The SMILES string of the molecule is CO/N=C1\CN(c2c(F)cc3c(=O)c4c(O)c(C#N)sc4n(C4CC4)c3c2OC)CC1CN. The molecule has 0 amide bonds. The number of nitriles is 1. The Morgan fingerprint density at radius 2 is 2.18 bits per heavy atom. The Hall–Kier alpha value is -3.36. The number of halogens is 1. The van der Waals surface area contributed by atoms with Gasteiger partial charge in [-0.2, -0.15) is 5.26 Å². The molecule has 1 unspecified atom stereocenters. The minimum Gasteiger partial charge on any atom is -0.505 e. The van der Waals surface area contributed by atoms with Gasteiger partial charge in [0.1, 0.15) is 34.0 Å². The quantitative estimate of drug-likeness (QED) is 0.548. The van der Waals surface area contributed by atoms with Crippen LogP contribution in [0.2, 0.25) is 0 Å². The molecule has 1 saturated carbocycles. The zero-order valence-corrected chi connectivity index (χ0v) is 18.9. The van der Waals surface area contributed by atoms with Gasteiger partial charge in [-0.25, -0.2) is 4.39 Å². The average molecular weight is 472 g/mol. The number of hydrogen-bond acceptors (Lipinski definition) is 9. The maximum absolute atomic E-state index is 15.6. The van der Waals surface area contributed by atoms with Gasteiger partial charge in [-0.1, -0.05) is 5.16 Å². The standard InChI is InChI=1S/C22H22FN5O4S/c1-31-21-17-12(5-13(23)18(21)27-8-10(6-24)14(9-27)26-32-2)19(29)16-20(30)15(7-25)33-22(16)28(17)11-3-4-11/h5,10-11,30H,3-4,6,8-9,24H2,1-2H3/b26-14+. The third-order valence-corrected chi connectivity index (χ3v) is 7.35. The lowest BCUT2D eigenvalue weighted by Gasteiger charge is -2.24. The number of fused-ring (bicyclic) bond motifs is 2. The lowest BCUT2D eigenvalue weighted by molar-refractivity contribution is 0.211. The summed E-state index contributed by atoms with van der Waals surface area (Å²) in [4.78, 5) is 20.6. The number of nitrogens with zero attached hydrogens (tertiary/aromatic N) is 4. The number of aromatic nitrogens is 1. The van der Waals surface area contributed by atoms with Gasteiger partial charge in [-0.15, -0.1) is 11.3 Å². The van der Waals surface area contributed by atoms with E-state index in [0.29, 0.717) is 35.7 Å². The van der Waals surface area contributed by atoms with Crippen molar-refractivity contribution >= 4 is 43.9 Å². The predicted molar refractivity (Wildman–Crippen MR) is 124 cm³/mol. The van der Waals surface area contributed by atoms with Crippen LogP contribution in [0.25, 0.3) is 21.1 Å². The van der Waals surface area contributed by atoms with E-state index in [1.54, 1.807) is 4.90 Å². The van der Waals surface area contributed by atoms with Crippen molar-refractivity contribution in [3.8, 4) is 17.6 Å². The fraction of sp³-hybridized carbons (Fsp3) is 0.409. The molecule has 0 spiro atoms. The van der Waals surface area contributed by atoms with Gasteiger partial charge < -0.3 is 29.9 Å². The highest BCUT2D eigenvalue weighted by Gasteiger charge is 2.36. The number of methoxy groups -OCH3 is 1. The topological polar surface area (TPSA) is 126 Å². The molecular weight excluding hydrogens is 449 g/mol. The van der Waals surface area contributed by atoms with E-state index < -0.39 is 11.2 Å². The first-order chi connectivity index (χ1) is 15.9. The second-order valence-electron chi connectivity index (χ2n) is 8.22. The van der Waals surface area contributed by atoms with Gasteiger partial charge in [0, 0.05) is 25.0 Å². The average Bonchev–Trinajstić information content (AvgIpc) is 3.48. The van der Waals surface area contributed by atoms with E-state index in [2.05, 4.69) is 5.16 Å². The fourth-order valence-electron chi connectivity index (χ4n) is 4.65. The van der Waals surface area contributed by atoms with Crippen molar-refractivity contribution < 1.29 is 19.1 Å². The minimum atomic E-state index is -0.622. The van der Waals surface area contributed by atoms with E-state index in [1.165, 1.54) is 20.3 Å². The number of hydrogen-bond donors (Lipinski definition) is 2. The maximum atomic E-state index is 15.6. The molecule has 1 aliphatic heterocycles. The van der Waals surface area contributed by atoms with Crippen molar-refractivity contribution in [2.24, 2.45) is 16.8 Å². The number of rotatable bonds is 5. The van der Waals surface area contributed by atoms with Gasteiger partial charge in [-0.3, -0.25) is 4.79 Å². The molecule has 1 atom stereocenters. The molecular formula is C22H22FN5O4S. The number of aromatic hydroxyl groups is 1. The van der Waals surface area contributed by atoms with Crippen molar-refractivity contribution in [1.29, 1.82) is 5.26 Å². The molecule has 1 aliphatic carbocycles. The van der Waals surface area contributed by atoms with Crippen molar-refractivity contribution in [3.63, 3.8) is 0 Å². The number of ether oxygens (including phenoxy) is 1. The van der Waals surface area contributed by atoms with Crippen LogP contribution in [0.5, 0.6) is 11.5 Å². The lowest BCUT2D eigenvalue weighted by Crippen LogP contribution is -2.25. The van der Waals surface area contributed by atoms with E-state index in [0.717, 1.165) is 24.2 Å². The van der Waals surface area contributed by atoms with Gasteiger partial charge in [0.05, 0.1) is 30.3 Å². The molecule has 5 rings (SSSR count). The molecule has 2 aliphatic rings.